The van der Waals surface area contributed by atoms with Crippen LogP contribution < -0.4 is 5.73 Å². The average molecular weight is 327 g/mol. The predicted molar refractivity (Wildman–Crippen MR) is 78.1 cm³/mol. The minimum absolute atomic E-state index is 0.0525. The monoisotopic (exact) mass is 326 g/mol. The molecule has 0 unspecified atom stereocenters. The highest BCUT2D eigenvalue weighted by Crippen LogP contribution is 2.26. The van der Waals surface area contributed by atoms with Crippen molar-refractivity contribution in [3.8, 4) is 5.75 Å². The zero-order valence-corrected chi connectivity index (χ0v) is 12.6. The maximum absolute atomic E-state index is 12.4. The molecule has 0 bridgehead atoms. The van der Waals surface area contributed by atoms with Gasteiger partial charge in [0.15, 0.2) is 0 Å². The second kappa shape index (κ2) is 5.92. The first-order valence-corrected chi connectivity index (χ1v) is 7.29. The summed E-state index contributed by atoms with van der Waals surface area (Å²) in [4.78, 5) is 14.1. The minimum atomic E-state index is -0.0525. The molecule has 19 heavy (non-hydrogen) atoms. The number of amides is 1. The molecule has 1 aliphatic rings. The lowest BCUT2D eigenvalue weighted by Gasteiger charge is -2.33. The van der Waals surface area contributed by atoms with Gasteiger partial charge in [-0.25, -0.2) is 0 Å². The third-order valence-corrected chi connectivity index (χ3v) is 4.47. The fourth-order valence-corrected chi connectivity index (χ4v) is 2.75. The Morgan fingerprint density at radius 1 is 1.37 bits per heavy atom. The fraction of sp³-hybridized carbons (Fsp3) is 0.500. The standard InChI is InChI=1S/C14H19BrN2O2/c1-17(11-5-3-10(16)4-6-11)14(19)9-2-7-12(15)13(18)8-9/h2,7-8,10-11,18H,3-6,16H2,1H3. The predicted octanol–water partition coefficient (Wildman–Crippen LogP) is 2.50. The van der Waals surface area contributed by atoms with E-state index in [1.54, 1.807) is 17.0 Å². The van der Waals surface area contributed by atoms with Crippen molar-refractivity contribution in [2.45, 2.75) is 37.8 Å². The molecule has 4 nitrogen and oxygen atoms in total. The molecule has 0 spiro atoms. The highest BCUT2D eigenvalue weighted by atomic mass is 79.9. The number of phenols is 1. The Bertz CT molecular complexity index is 471. The molecule has 0 aromatic heterocycles. The lowest BCUT2D eigenvalue weighted by atomic mass is 9.90. The van der Waals surface area contributed by atoms with Crippen molar-refractivity contribution >= 4 is 21.8 Å². The van der Waals surface area contributed by atoms with Gasteiger partial charge in [-0.15, -0.1) is 0 Å². The summed E-state index contributed by atoms with van der Waals surface area (Å²) >= 11 is 3.21. The number of hydrogen-bond donors (Lipinski definition) is 2. The van der Waals surface area contributed by atoms with E-state index in [2.05, 4.69) is 15.9 Å². The third kappa shape index (κ3) is 3.28. The zero-order chi connectivity index (χ0) is 14.0. The molecule has 104 valence electrons. The Labute approximate surface area is 121 Å². The zero-order valence-electron chi connectivity index (χ0n) is 11.0. The smallest absolute Gasteiger partial charge is 0.253 e. The SMILES string of the molecule is CN(C(=O)c1ccc(Br)c(O)c1)C1CCC(N)CC1. The first-order chi connectivity index (χ1) is 8.99. The number of benzene rings is 1. The third-order valence-electron chi connectivity index (χ3n) is 3.80. The maximum Gasteiger partial charge on any atom is 0.253 e. The molecule has 1 amide bonds. The van der Waals surface area contributed by atoms with E-state index in [-0.39, 0.29) is 23.7 Å². The van der Waals surface area contributed by atoms with E-state index >= 15 is 0 Å². The van der Waals surface area contributed by atoms with E-state index in [0.717, 1.165) is 25.7 Å². The summed E-state index contributed by atoms with van der Waals surface area (Å²) in [5.41, 5.74) is 6.39. The summed E-state index contributed by atoms with van der Waals surface area (Å²) < 4.78 is 0.593. The molecule has 0 radical (unpaired) electrons. The van der Waals surface area contributed by atoms with E-state index in [0.29, 0.717) is 10.0 Å². The van der Waals surface area contributed by atoms with Crippen LogP contribution >= 0.6 is 15.9 Å². The van der Waals surface area contributed by atoms with Gasteiger partial charge in [0, 0.05) is 24.7 Å². The van der Waals surface area contributed by atoms with Crippen LogP contribution in [-0.2, 0) is 0 Å². The Morgan fingerprint density at radius 3 is 2.58 bits per heavy atom. The lowest BCUT2D eigenvalue weighted by Crippen LogP contribution is -2.41. The molecular weight excluding hydrogens is 308 g/mol. The largest absolute Gasteiger partial charge is 0.507 e. The number of halogens is 1. The van der Waals surface area contributed by atoms with Crippen molar-refractivity contribution in [3.63, 3.8) is 0 Å². The highest BCUT2D eigenvalue weighted by Gasteiger charge is 2.25. The molecule has 1 aromatic carbocycles. The maximum atomic E-state index is 12.4. The van der Waals surface area contributed by atoms with Crippen molar-refractivity contribution in [2.24, 2.45) is 5.73 Å². The van der Waals surface area contributed by atoms with Crippen LogP contribution in [-0.4, -0.2) is 35.0 Å². The normalized spacial score (nSPS) is 23.1. The van der Waals surface area contributed by atoms with Gasteiger partial charge in [0.05, 0.1) is 4.47 Å². The molecule has 3 N–H and O–H groups in total. The molecule has 0 heterocycles. The van der Waals surface area contributed by atoms with Gasteiger partial charge in [-0.1, -0.05) is 0 Å². The van der Waals surface area contributed by atoms with E-state index in [4.69, 9.17) is 5.73 Å². The molecule has 5 heteroatoms. The summed E-state index contributed by atoms with van der Waals surface area (Å²) in [5, 5.41) is 9.64. The quantitative estimate of drug-likeness (QED) is 0.877. The Kier molecular flexibility index (Phi) is 4.47. The number of nitrogens with two attached hydrogens (primary N) is 1. The van der Waals surface area contributed by atoms with Crippen molar-refractivity contribution in [1.82, 2.24) is 4.90 Å². The van der Waals surface area contributed by atoms with E-state index < -0.39 is 0 Å². The van der Waals surface area contributed by atoms with Crippen molar-refractivity contribution in [3.05, 3.63) is 28.2 Å². The van der Waals surface area contributed by atoms with Gasteiger partial charge in [0.25, 0.3) is 5.91 Å². The van der Waals surface area contributed by atoms with Gasteiger partial charge in [0.2, 0.25) is 0 Å². The van der Waals surface area contributed by atoms with Crippen LogP contribution in [0.2, 0.25) is 0 Å². The first kappa shape index (κ1) is 14.3. The second-order valence-corrected chi connectivity index (χ2v) is 6.01. The van der Waals surface area contributed by atoms with E-state index in [1.807, 2.05) is 7.05 Å². The van der Waals surface area contributed by atoms with Crippen molar-refractivity contribution in [2.75, 3.05) is 7.05 Å². The number of phenolic OH excluding ortho intramolecular Hbond substituents is 1. The van der Waals surface area contributed by atoms with Crippen LogP contribution in [0.3, 0.4) is 0 Å². The van der Waals surface area contributed by atoms with Crippen LogP contribution in [0, 0.1) is 0 Å². The number of carbonyl (C=O) groups excluding carboxylic acids is 1. The van der Waals surface area contributed by atoms with Gasteiger partial charge in [-0.2, -0.15) is 0 Å². The molecule has 1 fully saturated rings. The van der Waals surface area contributed by atoms with Gasteiger partial charge in [0.1, 0.15) is 5.75 Å². The first-order valence-electron chi connectivity index (χ1n) is 6.50. The molecule has 0 aliphatic heterocycles. The van der Waals surface area contributed by atoms with Gasteiger partial charge in [-0.3, -0.25) is 4.79 Å². The molecular formula is C14H19BrN2O2. The highest BCUT2D eigenvalue weighted by molar-refractivity contribution is 9.10. The second-order valence-electron chi connectivity index (χ2n) is 5.15. The molecule has 0 atom stereocenters. The summed E-state index contributed by atoms with van der Waals surface area (Å²) in [6.07, 6.45) is 3.83. The Hall–Kier alpha value is -1.07. The van der Waals surface area contributed by atoms with Crippen LogP contribution in [0.25, 0.3) is 0 Å². The minimum Gasteiger partial charge on any atom is -0.507 e. The molecule has 1 saturated carbocycles. The Morgan fingerprint density at radius 2 is 2.00 bits per heavy atom. The van der Waals surface area contributed by atoms with E-state index in [1.165, 1.54) is 6.07 Å². The molecule has 1 aliphatic carbocycles. The van der Waals surface area contributed by atoms with Crippen molar-refractivity contribution in [1.29, 1.82) is 0 Å². The van der Waals surface area contributed by atoms with Gasteiger partial charge < -0.3 is 15.7 Å². The van der Waals surface area contributed by atoms with Crippen LogP contribution in [0.1, 0.15) is 36.0 Å². The summed E-state index contributed by atoms with van der Waals surface area (Å²) in [6, 6.07) is 5.43. The topological polar surface area (TPSA) is 66.6 Å². The van der Waals surface area contributed by atoms with Crippen LogP contribution in [0.15, 0.2) is 22.7 Å². The van der Waals surface area contributed by atoms with Gasteiger partial charge in [-0.05, 0) is 59.8 Å². The lowest BCUT2D eigenvalue weighted by molar-refractivity contribution is 0.0689. The summed E-state index contributed by atoms with van der Waals surface area (Å²) in [6.45, 7) is 0. The molecule has 1 aromatic rings. The fourth-order valence-electron chi connectivity index (χ4n) is 2.50. The van der Waals surface area contributed by atoms with Crippen molar-refractivity contribution < 1.29 is 9.90 Å². The molecule has 0 saturated heterocycles. The number of rotatable bonds is 2. The molecule has 2 rings (SSSR count). The number of hydrogen-bond acceptors (Lipinski definition) is 3. The van der Waals surface area contributed by atoms with Crippen LogP contribution in [0.4, 0.5) is 0 Å². The number of carbonyl (C=O) groups is 1. The number of nitrogens with zero attached hydrogens (tertiary/aromatic N) is 1. The summed E-state index contributed by atoms with van der Waals surface area (Å²) in [5.74, 6) is 0.0354. The summed E-state index contributed by atoms with van der Waals surface area (Å²) in [7, 11) is 1.82. The number of aromatic hydroxyl groups is 1. The average Bonchev–Trinajstić information content (AvgIpc) is 2.41. The van der Waals surface area contributed by atoms with Gasteiger partial charge >= 0.3 is 0 Å². The van der Waals surface area contributed by atoms with E-state index in [9.17, 15) is 9.90 Å². The Balaban J connectivity index is 2.08. The van der Waals surface area contributed by atoms with Crippen LogP contribution in [0.5, 0.6) is 5.75 Å².